The highest BCUT2D eigenvalue weighted by Gasteiger charge is 2.18. The number of thiocarbonyl (C=S) groups is 1. The maximum Gasteiger partial charge on any atom is 0.137 e. The number of nitrogens with two attached hydrogens (primary N) is 1. The highest BCUT2D eigenvalue weighted by atomic mass is 32.1. The summed E-state index contributed by atoms with van der Waals surface area (Å²) in [6.07, 6.45) is 0. The Morgan fingerprint density at radius 3 is 2.75 bits per heavy atom. The maximum absolute atomic E-state index is 5.80. The number of rotatable bonds is 5. The van der Waals surface area contributed by atoms with E-state index in [0.717, 1.165) is 16.5 Å². The number of aromatic nitrogens is 1. The van der Waals surface area contributed by atoms with Crippen molar-refractivity contribution in [2.24, 2.45) is 5.73 Å². The quantitative estimate of drug-likeness (QED) is 0.829. The van der Waals surface area contributed by atoms with E-state index < -0.39 is 0 Å². The summed E-state index contributed by atoms with van der Waals surface area (Å²) >= 11 is 5.12. The van der Waals surface area contributed by atoms with Gasteiger partial charge in [0.15, 0.2) is 0 Å². The van der Waals surface area contributed by atoms with Gasteiger partial charge in [0.2, 0.25) is 0 Å². The Morgan fingerprint density at radius 2 is 2.10 bits per heavy atom. The molecule has 106 valence electrons. The molecule has 0 aliphatic carbocycles. The molecular weight excluding hydrogens is 270 g/mol. The SMILES string of the molecule is COC(C)(C)CNc1nc2ccccc2cc1C(N)=S. The largest absolute Gasteiger partial charge is 0.389 e. The van der Waals surface area contributed by atoms with E-state index >= 15 is 0 Å². The molecule has 0 spiro atoms. The molecule has 1 aromatic heterocycles. The fraction of sp³-hybridized carbons (Fsp3) is 0.333. The highest BCUT2D eigenvalue weighted by molar-refractivity contribution is 7.80. The van der Waals surface area contributed by atoms with Gasteiger partial charge in [0.05, 0.1) is 16.7 Å². The summed E-state index contributed by atoms with van der Waals surface area (Å²) in [5, 5.41) is 4.29. The lowest BCUT2D eigenvalue weighted by Crippen LogP contribution is -2.33. The second-order valence-electron chi connectivity index (χ2n) is 5.26. The number of para-hydroxylation sites is 1. The molecule has 0 fully saturated rings. The van der Waals surface area contributed by atoms with Crippen molar-refractivity contribution in [1.82, 2.24) is 4.98 Å². The van der Waals surface area contributed by atoms with E-state index in [1.54, 1.807) is 7.11 Å². The van der Waals surface area contributed by atoms with Crippen molar-refractivity contribution in [3.05, 3.63) is 35.9 Å². The first kappa shape index (κ1) is 14.7. The van der Waals surface area contributed by atoms with Gasteiger partial charge in [0.25, 0.3) is 0 Å². The molecule has 1 aromatic carbocycles. The van der Waals surface area contributed by atoms with Crippen LogP contribution in [0.4, 0.5) is 5.82 Å². The van der Waals surface area contributed by atoms with Crippen LogP contribution in [0.3, 0.4) is 0 Å². The monoisotopic (exact) mass is 289 g/mol. The van der Waals surface area contributed by atoms with E-state index in [0.29, 0.717) is 17.4 Å². The Labute approximate surface area is 124 Å². The number of methoxy groups -OCH3 is 1. The van der Waals surface area contributed by atoms with Crippen molar-refractivity contribution in [2.45, 2.75) is 19.4 Å². The van der Waals surface area contributed by atoms with Gasteiger partial charge in [-0.05, 0) is 26.0 Å². The molecule has 2 aromatic rings. The minimum Gasteiger partial charge on any atom is -0.389 e. The Morgan fingerprint density at radius 1 is 1.40 bits per heavy atom. The Bertz CT molecular complexity index is 640. The number of hydrogen-bond acceptors (Lipinski definition) is 4. The minimum atomic E-state index is -0.291. The summed E-state index contributed by atoms with van der Waals surface area (Å²) < 4.78 is 5.39. The Balaban J connectivity index is 2.39. The fourth-order valence-electron chi connectivity index (χ4n) is 1.81. The van der Waals surface area contributed by atoms with Crippen LogP contribution < -0.4 is 11.1 Å². The van der Waals surface area contributed by atoms with Gasteiger partial charge in [-0.2, -0.15) is 0 Å². The molecule has 3 N–H and O–H groups in total. The molecule has 5 heteroatoms. The average molecular weight is 289 g/mol. The van der Waals surface area contributed by atoms with Crippen molar-refractivity contribution in [3.8, 4) is 0 Å². The molecular formula is C15H19N3OS. The van der Waals surface area contributed by atoms with Crippen LogP contribution in [0.25, 0.3) is 10.9 Å². The third-order valence-corrected chi connectivity index (χ3v) is 3.44. The minimum absolute atomic E-state index is 0.291. The van der Waals surface area contributed by atoms with Gasteiger partial charge in [-0.1, -0.05) is 30.4 Å². The van der Waals surface area contributed by atoms with Gasteiger partial charge in [-0.25, -0.2) is 4.98 Å². The first-order valence-corrected chi connectivity index (χ1v) is 6.82. The van der Waals surface area contributed by atoms with Crippen LogP contribution in [-0.2, 0) is 4.74 Å². The predicted octanol–water partition coefficient (Wildman–Crippen LogP) is 2.71. The molecule has 1 heterocycles. The number of nitrogens with one attached hydrogen (secondary N) is 1. The number of ether oxygens (including phenoxy) is 1. The molecule has 0 radical (unpaired) electrons. The van der Waals surface area contributed by atoms with Crippen molar-refractivity contribution < 1.29 is 4.74 Å². The lowest BCUT2D eigenvalue weighted by Gasteiger charge is -2.24. The van der Waals surface area contributed by atoms with Crippen LogP contribution in [0.15, 0.2) is 30.3 Å². The summed E-state index contributed by atoms with van der Waals surface area (Å²) in [6.45, 7) is 4.62. The van der Waals surface area contributed by atoms with Gasteiger partial charge >= 0.3 is 0 Å². The summed E-state index contributed by atoms with van der Waals surface area (Å²) in [5.41, 5.74) is 7.17. The summed E-state index contributed by atoms with van der Waals surface area (Å²) in [7, 11) is 1.68. The first-order chi connectivity index (χ1) is 9.43. The molecule has 0 bridgehead atoms. The van der Waals surface area contributed by atoms with Crippen molar-refractivity contribution >= 4 is 33.9 Å². The molecule has 0 amide bonds. The zero-order valence-electron chi connectivity index (χ0n) is 11.9. The average Bonchev–Trinajstić information content (AvgIpc) is 2.44. The summed E-state index contributed by atoms with van der Waals surface area (Å²) in [4.78, 5) is 4.93. The van der Waals surface area contributed by atoms with Crippen molar-refractivity contribution in [3.63, 3.8) is 0 Å². The van der Waals surface area contributed by atoms with Gasteiger partial charge in [0, 0.05) is 19.0 Å². The number of hydrogen-bond donors (Lipinski definition) is 2. The third-order valence-electron chi connectivity index (χ3n) is 3.22. The molecule has 0 aliphatic rings. The zero-order chi connectivity index (χ0) is 14.8. The standard InChI is InChI=1S/C15H19N3OS/c1-15(2,19-3)9-17-14-11(13(16)20)8-10-6-4-5-7-12(10)18-14/h4-8H,9H2,1-3H3,(H2,16,20)(H,17,18). The second-order valence-corrected chi connectivity index (χ2v) is 5.70. The number of pyridine rings is 1. The molecule has 0 atom stereocenters. The van der Waals surface area contributed by atoms with Gasteiger partial charge in [-0.15, -0.1) is 0 Å². The van der Waals surface area contributed by atoms with Gasteiger partial charge in [-0.3, -0.25) is 0 Å². The van der Waals surface area contributed by atoms with Crippen LogP contribution in [0.1, 0.15) is 19.4 Å². The van der Waals surface area contributed by atoms with Crippen LogP contribution in [-0.4, -0.2) is 29.2 Å². The van der Waals surface area contributed by atoms with E-state index in [4.69, 9.17) is 22.7 Å². The normalized spacial score (nSPS) is 11.6. The summed E-state index contributed by atoms with van der Waals surface area (Å²) in [6, 6.07) is 9.85. The van der Waals surface area contributed by atoms with Crippen molar-refractivity contribution in [1.29, 1.82) is 0 Å². The number of nitrogens with zero attached hydrogens (tertiary/aromatic N) is 1. The Hall–Kier alpha value is -1.72. The number of benzene rings is 1. The smallest absolute Gasteiger partial charge is 0.137 e. The van der Waals surface area contributed by atoms with Crippen LogP contribution in [0.2, 0.25) is 0 Å². The van der Waals surface area contributed by atoms with E-state index in [-0.39, 0.29) is 5.60 Å². The first-order valence-electron chi connectivity index (χ1n) is 6.41. The van der Waals surface area contributed by atoms with Gasteiger partial charge < -0.3 is 15.8 Å². The van der Waals surface area contributed by atoms with E-state index in [2.05, 4.69) is 10.3 Å². The van der Waals surface area contributed by atoms with E-state index in [1.165, 1.54) is 0 Å². The lowest BCUT2D eigenvalue weighted by molar-refractivity contribution is 0.0343. The fourth-order valence-corrected chi connectivity index (χ4v) is 1.96. The molecule has 2 rings (SSSR count). The Kier molecular flexibility index (Phi) is 4.20. The van der Waals surface area contributed by atoms with E-state index in [1.807, 2.05) is 44.2 Å². The zero-order valence-corrected chi connectivity index (χ0v) is 12.8. The molecule has 4 nitrogen and oxygen atoms in total. The molecule has 20 heavy (non-hydrogen) atoms. The third kappa shape index (κ3) is 3.23. The predicted molar refractivity (Wildman–Crippen MR) is 87.2 cm³/mol. The number of anilines is 1. The summed E-state index contributed by atoms with van der Waals surface area (Å²) in [5.74, 6) is 0.696. The molecule has 0 aliphatic heterocycles. The molecule has 0 saturated carbocycles. The second kappa shape index (κ2) is 5.73. The van der Waals surface area contributed by atoms with E-state index in [9.17, 15) is 0 Å². The topological polar surface area (TPSA) is 60.2 Å². The maximum atomic E-state index is 5.80. The van der Waals surface area contributed by atoms with Crippen LogP contribution in [0, 0.1) is 0 Å². The van der Waals surface area contributed by atoms with Gasteiger partial charge in [0.1, 0.15) is 10.8 Å². The van der Waals surface area contributed by atoms with Crippen LogP contribution >= 0.6 is 12.2 Å². The van der Waals surface area contributed by atoms with Crippen molar-refractivity contribution in [2.75, 3.05) is 19.0 Å². The lowest BCUT2D eigenvalue weighted by atomic mass is 10.1. The molecule has 0 saturated heterocycles. The van der Waals surface area contributed by atoms with Crippen LogP contribution in [0.5, 0.6) is 0 Å². The molecule has 0 unspecified atom stereocenters. The number of fused-ring (bicyclic) bond motifs is 1. The highest BCUT2D eigenvalue weighted by Crippen LogP contribution is 2.21.